The lowest BCUT2D eigenvalue weighted by molar-refractivity contribution is -0.114. The van der Waals surface area contributed by atoms with Gasteiger partial charge in [-0.1, -0.05) is 36.8 Å². The number of hydrogen-bond acceptors (Lipinski definition) is 4. The van der Waals surface area contributed by atoms with Crippen LogP contribution in [0.4, 0.5) is 5.69 Å². The molecule has 2 N–H and O–H groups in total. The van der Waals surface area contributed by atoms with Gasteiger partial charge >= 0.3 is 0 Å². The van der Waals surface area contributed by atoms with Gasteiger partial charge in [0.2, 0.25) is 0 Å². The molecule has 4 aliphatic rings. The Hall–Kier alpha value is -2.17. The zero-order chi connectivity index (χ0) is 23.4. The van der Waals surface area contributed by atoms with Crippen molar-refractivity contribution in [3.8, 4) is 0 Å². The molecular formula is C29H37NO3. The summed E-state index contributed by atoms with van der Waals surface area (Å²) in [6, 6.07) is 8.91. The number of anilines is 1. The predicted octanol–water partition coefficient (Wildman–Crippen LogP) is 4.93. The zero-order valence-corrected chi connectivity index (χ0v) is 20.2. The minimum absolute atomic E-state index is 0.0423. The number of rotatable bonds is 4. The highest BCUT2D eigenvalue weighted by Gasteiger charge is 2.61. The maximum absolute atomic E-state index is 12.2. The molecule has 5 rings (SSSR count). The number of benzene rings is 1. The van der Waals surface area contributed by atoms with Crippen molar-refractivity contribution in [1.82, 2.24) is 0 Å². The van der Waals surface area contributed by atoms with Gasteiger partial charge in [0.15, 0.2) is 5.78 Å². The summed E-state index contributed by atoms with van der Waals surface area (Å²) in [6.45, 7) is 2.24. The maximum Gasteiger partial charge on any atom is 0.156 e. The van der Waals surface area contributed by atoms with Crippen molar-refractivity contribution in [2.45, 2.75) is 63.4 Å². The number of aliphatic hydroxyl groups is 2. The predicted molar refractivity (Wildman–Crippen MR) is 132 cm³/mol. The quantitative estimate of drug-likeness (QED) is 0.643. The minimum Gasteiger partial charge on any atom is -0.392 e. The number of ketones is 1. The van der Waals surface area contributed by atoms with E-state index in [0.29, 0.717) is 18.3 Å². The van der Waals surface area contributed by atoms with Crippen molar-refractivity contribution in [3.63, 3.8) is 0 Å². The first kappa shape index (κ1) is 22.6. The normalized spacial score (nSPS) is 35.8. The van der Waals surface area contributed by atoms with Crippen LogP contribution in [0.5, 0.6) is 0 Å². The molecule has 0 aromatic heterocycles. The summed E-state index contributed by atoms with van der Waals surface area (Å²) in [5.41, 5.74) is 5.62. The third kappa shape index (κ3) is 3.54. The highest BCUT2D eigenvalue weighted by Crippen LogP contribution is 2.67. The number of carbonyl (C=O) groups excluding carboxylic acids is 1. The first-order valence-corrected chi connectivity index (χ1v) is 12.5. The van der Waals surface area contributed by atoms with Crippen molar-refractivity contribution in [2.24, 2.45) is 17.3 Å². The molecule has 2 saturated carbocycles. The second-order valence-electron chi connectivity index (χ2n) is 11.0. The van der Waals surface area contributed by atoms with Crippen LogP contribution in [0.1, 0.15) is 63.4 Å². The molecule has 4 heteroatoms. The Balaban J connectivity index is 1.65. The number of allylic oxidation sites excluding steroid dienone is 4. The number of hydrogen-bond donors (Lipinski definition) is 2. The lowest BCUT2D eigenvalue weighted by atomic mass is 9.51. The molecular weight excluding hydrogens is 410 g/mol. The average molecular weight is 448 g/mol. The molecule has 1 aromatic carbocycles. The van der Waals surface area contributed by atoms with Crippen LogP contribution >= 0.6 is 0 Å². The third-order valence-corrected chi connectivity index (χ3v) is 9.26. The topological polar surface area (TPSA) is 60.8 Å². The monoisotopic (exact) mass is 447 g/mol. The number of fused-ring (bicyclic) bond motifs is 4. The van der Waals surface area contributed by atoms with Crippen LogP contribution in [0, 0.1) is 17.3 Å². The smallest absolute Gasteiger partial charge is 0.156 e. The Morgan fingerprint density at radius 3 is 2.58 bits per heavy atom. The highest BCUT2D eigenvalue weighted by atomic mass is 16.3. The van der Waals surface area contributed by atoms with Gasteiger partial charge < -0.3 is 15.1 Å². The molecule has 0 radical (unpaired) electrons. The van der Waals surface area contributed by atoms with E-state index in [4.69, 9.17) is 0 Å². The molecule has 4 nitrogen and oxygen atoms in total. The molecule has 33 heavy (non-hydrogen) atoms. The second-order valence-corrected chi connectivity index (χ2v) is 11.0. The van der Waals surface area contributed by atoms with Gasteiger partial charge in [0.05, 0.1) is 12.2 Å². The van der Waals surface area contributed by atoms with E-state index in [-0.39, 0.29) is 23.7 Å². The van der Waals surface area contributed by atoms with Crippen LogP contribution < -0.4 is 4.90 Å². The van der Waals surface area contributed by atoms with E-state index in [1.165, 1.54) is 22.4 Å². The van der Waals surface area contributed by atoms with E-state index in [2.05, 4.69) is 50.2 Å². The zero-order valence-electron chi connectivity index (χ0n) is 20.2. The summed E-state index contributed by atoms with van der Waals surface area (Å²) in [4.78, 5) is 14.3. The molecule has 0 heterocycles. The fraction of sp³-hybridized carbons (Fsp3) is 0.552. The van der Waals surface area contributed by atoms with Gasteiger partial charge in [0.25, 0.3) is 0 Å². The lowest BCUT2D eigenvalue weighted by Gasteiger charge is -2.54. The van der Waals surface area contributed by atoms with E-state index in [1.54, 1.807) is 11.6 Å². The maximum atomic E-state index is 12.2. The van der Waals surface area contributed by atoms with Crippen molar-refractivity contribution in [1.29, 1.82) is 0 Å². The van der Waals surface area contributed by atoms with Gasteiger partial charge in [-0.25, -0.2) is 0 Å². The fourth-order valence-electron chi connectivity index (χ4n) is 7.52. The van der Waals surface area contributed by atoms with Gasteiger partial charge in [0, 0.05) is 37.5 Å². The lowest BCUT2D eigenvalue weighted by Crippen LogP contribution is -2.50. The molecule has 0 aliphatic heterocycles. The van der Waals surface area contributed by atoms with E-state index in [0.717, 1.165) is 38.5 Å². The van der Waals surface area contributed by atoms with Crippen LogP contribution in [0.15, 0.2) is 59.2 Å². The molecule has 0 spiro atoms. The molecule has 176 valence electrons. The Kier molecular flexibility index (Phi) is 5.65. The SMILES string of the molecule is CN(C)c1ccc(C2CC3(C)C(CCC3(O)/C=C\CO)C3CCC4=CC(=O)CCC4=C23)cc1. The summed E-state index contributed by atoms with van der Waals surface area (Å²) in [7, 11) is 4.12. The second kappa shape index (κ2) is 8.25. The molecule has 4 aliphatic carbocycles. The summed E-state index contributed by atoms with van der Waals surface area (Å²) in [5.74, 6) is 1.38. The van der Waals surface area contributed by atoms with Crippen molar-refractivity contribution < 1.29 is 15.0 Å². The summed E-state index contributed by atoms with van der Waals surface area (Å²) in [6.07, 6.45) is 11.7. The minimum atomic E-state index is -0.892. The van der Waals surface area contributed by atoms with Gasteiger partial charge in [-0.05, 0) is 85.3 Å². The van der Waals surface area contributed by atoms with Crippen LogP contribution in [-0.4, -0.2) is 42.3 Å². The summed E-state index contributed by atoms with van der Waals surface area (Å²) in [5, 5.41) is 21.3. The largest absolute Gasteiger partial charge is 0.392 e. The number of carbonyl (C=O) groups is 1. The summed E-state index contributed by atoms with van der Waals surface area (Å²) >= 11 is 0. The molecule has 2 fully saturated rings. The fourth-order valence-corrected chi connectivity index (χ4v) is 7.52. The van der Waals surface area contributed by atoms with Crippen LogP contribution in [-0.2, 0) is 4.79 Å². The van der Waals surface area contributed by atoms with E-state index < -0.39 is 5.60 Å². The molecule has 0 amide bonds. The standard InChI is InChI=1S/C29H37NO3/c1-28-18-25(19-5-8-21(9-6-19)30(2)3)27-23-12-10-22(32)17-20(23)7-11-24(27)26(28)13-15-29(28,33)14-4-16-31/h4-6,8-9,14,17,24-26,31,33H,7,10-13,15-16,18H2,1-3H3/b14-4-. The Bertz CT molecular complexity index is 1030. The van der Waals surface area contributed by atoms with Gasteiger partial charge in [0.1, 0.15) is 0 Å². The number of nitrogens with zero attached hydrogens (tertiary/aromatic N) is 1. The van der Waals surface area contributed by atoms with Crippen LogP contribution in [0.25, 0.3) is 0 Å². The summed E-state index contributed by atoms with van der Waals surface area (Å²) < 4.78 is 0. The Morgan fingerprint density at radius 1 is 1.12 bits per heavy atom. The first-order chi connectivity index (χ1) is 15.8. The van der Waals surface area contributed by atoms with E-state index >= 15 is 0 Å². The highest BCUT2D eigenvalue weighted by molar-refractivity contribution is 5.93. The molecule has 0 bridgehead atoms. The van der Waals surface area contributed by atoms with Crippen LogP contribution in [0.2, 0.25) is 0 Å². The van der Waals surface area contributed by atoms with Crippen LogP contribution in [0.3, 0.4) is 0 Å². The molecule has 0 saturated heterocycles. The van der Waals surface area contributed by atoms with Crippen molar-refractivity contribution in [2.75, 3.05) is 25.6 Å². The molecule has 5 atom stereocenters. The number of aliphatic hydroxyl groups excluding tert-OH is 1. The average Bonchev–Trinajstić information content (AvgIpc) is 3.07. The van der Waals surface area contributed by atoms with Gasteiger partial charge in [-0.3, -0.25) is 4.79 Å². The van der Waals surface area contributed by atoms with E-state index in [1.807, 2.05) is 12.2 Å². The Morgan fingerprint density at radius 2 is 1.88 bits per heavy atom. The van der Waals surface area contributed by atoms with Crippen molar-refractivity contribution >= 4 is 11.5 Å². The molecule has 1 aromatic rings. The Labute approximate surface area is 197 Å². The first-order valence-electron chi connectivity index (χ1n) is 12.5. The van der Waals surface area contributed by atoms with E-state index in [9.17, 15) is 15.0 Å². The van der Waals surface area contributed by atoms with Crippen molar-refractivity contribution in [3.05, 3.63) is 64.8 Å². The van der Waals surface area contributed by atoms with Gasteiger partial charge in [-0.2, -0.15) is 0 Å². The molecule has 5 unspecified atom stereocenters. The third-order valence-electron chi connectivity index (χ3n) is 9.26. The van der Waals surface area contributed by atoms with Gasteiger partial charge in [-0.15, -0.1) is 0 Å².